The van der Waals surface area contributed by atoms with Gasteiger partial charge in [-0.05, 0) is 32.4 Å². The van der Waals surface area contributed by atoms with Gasteiger partial charge in [0, 0.05) is 5.25 Å². The Labute approximate surface area is 117 Å². The zero-order valence-electron chi connectivity index (χ0n) is 11.6. The third-order valence-electron chi connectivity index (χ3n) is 3.89. The number of carbonyl (C=O) groups is 3. The second-order valence-corrected chi connectivity index (χ2v) is 7.07. The van der Waals surface area contributed by atoms with Gasteiger partial charge in [0.15, 0.2) is 0 Å². The second-order valence-electron chi connectivity index (χ2n) is 5.55. The summed E-state index contributed by atoms with van der Waals surface area (Å²) in [7, 11) is 0. The summed E-state index contributed by atoms with van der Waals surface area (Å²) in [6.07, 6.45) is 2.88. The average Bonchev–Trinajstić information content (AvgIpc) is 2.76. The minimum absolute atomic E-state index is 0.0789. The van der Waals surface area contributed by atoms with E-state index < -0.39 is 17.4 Å². The maximum Gasteiger partial charge on any atom is 0.331 e. The Hall–Kier alpha value is -1.04. The summed E-state index contributed by atoms with van der Waals surface area (Å²) in [5, 5.41) is 2.60. The Morgan fingerprint density at radius 2 is 2.00 bits per heavy atom. The number of imide groups is 2. The topological polar surface area (TPSA) is 66.5 Å². The smallest absolute Gasteiger partial charge is 0.277 e. The molecule has 2 aliphatic rings. The van der Waals surface area contributed by atoms with Gasteiger partial charge in [-0.15, -0.1) is 0 Å². The van der Waals surface area contributed by atoms with E-state index >= 15 is 0 Å². The fraction of sp³-hybridized carbons (Fsp3) is 0.769. The number of thioether (sulfide) groups is 1. The molecule has 1 saturated heterocycles. The number of carbonyl (C=O) groups excluding carboxylic acids is 3. The largest absolute Gasteiger partial charge is 0.331 e. The Kier molecular flexibility index (Phi) is 3.90. The molecular weight excluding hydrogens is 264 g/mol. The monoisotopic (exact) mass is 284 g/mol. The molecule has 5 nitrogen and oxygen atoms in total. The van der Waals surface area contributed by atoms with Crippen molar-refractivity contribution in [1.29, 1.82) is 0 Å². The predicted molar refractivity (Wildman–Crippen MR) is 73.7 cm³/mol. The third kappa shape index (κ3) is 2.38. The van der Waals surface area contributed by atoms with Crippen molar-refractivity contribution in [3.05, 3.63) is 0 Å². The summed E-state index contributed by atoms with van der Waals surface area (Å²) < 4.78 is 0. The summed E-state index contributed by atoms with van der Waals surface area (Å²) in [6.45, 7) is 5.22. The van der Waals surface area contributed by atoms with E-state index in [0.717, 1.165) is 25.0 Å². The molecule has 6 heteroatoms. The zero-order chi connectivity index (χ0) is 14.2. The van der Waals surface area contributed by atoms with Gasteiger partial charge in [0.05, 0.1) is 6.04 Å². The number of hydrogen-bond acceptors (Lipinski definition) is 4. The van der Waals surface area contributed by atoms with Crippen molar-refractivity contribution < 1.29 is 14.4 Å². The number of hydrogen-bond donors (Lipinski definition) is 1. The molecule has 2 atom stereocenters. The number of urea groups is 1. The first-order chi connectivity index (χ1) is 8.89. The highest BCUT2D eigenvalue weighted by molar-refractivity contribution is 7.99. The van der Waals surface area contributed by atoms with Crippen LogP contribution in [0.1, 0.15) is 40.0 Å². The molecule has 4 amide bonds. The van der Waals surface area contributed by atoms with Gasteiger partial charge in [0.1, 0.15) is 5.41 Å². The molecule has 0 radical (unpaired) electrons. The van der Waals surface area contributed by atoms with Crippen molar-refractivity contribution in [2.24, 2.45) is 5.41 Å². The first-order valence-electron chi connectivity index (χ1n) is 6.70. The molecule has 0 aromatic carbocycles. The van der Waals surface area contributed by atoms with E-state index in [1.54, 1.807) is 25.6 Å². The van der Waals surface area contributed by atoms with Crippen molar-refractivity contribution in [3.8, 4) is 0 Å². The fourth-order valence-electron chi connectivity index (χ4n) is 2.72. The van der Waals surface area contributed by atoms with Gasteiger partial charge in [-0.25, -0.2) is 4.79 Å². The van der Waals surface area contributed by atoms with Gasteiger partial charge in [-0.1, -0.05) is 13.3 Å². The molecular formula is C13H20N2O3S. The van der Waals surface area contributed by atoms with Gasteiger partial charge in [-0.3, -0.25) is 19.8 Å². The van der Waals surface area contributed by atoms with Crippen LogP contribution in [0.4, 0.5) is 4.79 Å². The third-order valence-corrected chi connectivity index (χ3v) is 5.20. The lowest BCUT2D eigenvalue weighted by Crippen LogP contribution is -2.65. The van der Waals surface area contributed by atoms with E-state index in [1.807, 2.05) is 0 Å². The van der Waals surface area contributed by atoms with Crippen molar-refractivity contribution in [2.75, 3.05) is 5.75 Å². The Bertz CT molecular complexity index is 422. The predicted octanol–water partition coefficient (Wildman–Crippen LogP) is 1.77. The zero-order valence-corrected chi connectivity index (χ0v) is 12.4. The van der Waals surface area contributed by atoms with Crippen molar-refractivity contribution >= 4 is 29.6 Å². The van der Waals surface area contributed by atoms with Crippen LogP contribution in [0.3, 0.4) is 0 Å². The van der Waals surface area contributed by atoms with Crippen LogP contribution in [0, 0.1) is 5.41 Å². The molecule has 2 fully saturated rings. The normalized spacial score (nSPS) is 30.7. The van der Waals surface area contributed by atoms with E-state index in [1.165, 1.54) is 4.90 Å². The van der Waals surface area contributed by atoms with Crippen LogP contribution in [0.5, 0.6) is 0 Å². The highest BCUT2D eigenvalue weighted by Gasteiger charge is 2.51. The van der Waals surface area contributed by atoms with E-state index in [-0.39, 0.29) is 11.9 Å². The van der Waals surface area contributed by atoms with Crippen LogP contribution in [-0.2, 0) is 9.59 Å². The quantitative estimate of drug-likeness (QED) is 0.802. The van der Waals surface area contributed by atoms with Crippen molar-refractivity contribution in [2.45, 2.75) is 51.3 Å². The van der Waals surface area contributed by atoms with Crippen LogP contribution in [0.25, 0.3) is 0 Å². The standard InChI is InChI=1S/C13H20N2O3S/c1-4-19-9-7-5-6-8(9)15-11(17)13(2,3)10(16)14-12(15)18/h8-9H,4-7H2,1-3H3,(H,14,16,18). The minimum Gasteiger partial charge on any atom is -0.277 e. The maximum atomic E-state index is 12.4. The molecule has 19 heavy (non-hydrogen) atoms. The molecule has 1 N–H and O–H groups in total. The lowest BCUT2D eigenvalue weighted by atomic mass is 9.88. The molecule has 1 aliphatic carbocycles. The van der Waals surface area contributed by atoms with Crippen LogP contribution >= 0.6 is 11.8 Å². The first-order valence-corrected chi connectivity index (χ1v) is 7.75. The highest BCUT2D eigenvalue weighted by atomic mass is 32.2. The second kappa shape index (κ2) is 5.15. The summed E-state index contributed by atoms with van der Waals surface area (Å²) in [6, 6.07) is -0.632. The first kappa shape index (κ1) is 14.4. The molecule has 106 valence electrons. The van der Waals surface area contributed by atoms with Gasteiger partial charge in [0.2, 0.25) is 11.8 Å². The van der Waals surface area contributed by atoms with Gasteiger partial charge in [0.25, 0.3) is 0 Å². The summed E-state index contributed by atoms with van der Waals surface area (Å²) >= 11 is 1.79. The van der Waals surface area contributed by atoms with E-state index in [9.17, 15) is 14.4 Å². The molecule has 0 aromatic heterocycles. The molecule has 2 rings (SSSR count). The number of rotatable bonds is 3. The molecule has 1 heterocycles. The summed E-state index contributed by atoms with van der Waals surface area (Å²) in [5.41, 5.74) is -1.15. The van der Waals surface area contributed by atoms with Crippen LogP contribution in [-0.4, -0.2) is 39.8 Å². The highest BCUT2D eigenvalue weighted by Crippen LogP contribution is 2.36. The van der Waals surface area contributed by atoms with E-state index in [2.05, 4.69) is 12.2 Å². The van der Waals surface area contributed by atoms with E-state index in [4.69, 9.17) is 0 Å². The Morgan fingerprint density at radius 3 is 2.63 bits per heavy atom. The molecule has 0 spiro atoms. The molecule has 1 saturated carbocycles. The summed E-state index contributed by atoms with van der Waals surface area (Å²) in [4.78, 5) is 37.5. The number of nitrogens with zero attached hydrogens (tertiary/aromatic N) is 1. The lowest BCUT2D eigenvalue weighted by molar-refractivity contribution is -0.150. The molecule has 1 aliphatic heterocycles. The SMILES string of the molecule is CCSC1CCCC1N1C(=O)NC(=O)C(C)(C)C1=O. The number of nitrogens with one attached hydrogen (secondary N) is 1. The Balaban J connectivity index is 2.25. The van der Waals surface area contributed by atoms with Crippen LogP contribution in [0.2, 0.25) is 0 Å². The molecule has 0 bridgehead atoms. The average molecular weight is 284 g/mol. The minimum atomic E-state index is -1.15. The van der Waals surface area contributed by atoms with Crippen LogP contribution < -0.4 is 5.32 Å². The Morgan fingerprint density at radius 1 is 1.32 bits per heavy atom. The van der Waals surface area contributed by atoms with Crippen LogP contribution in [0.15, 0.2) is 0 Å². The van der Waals surface area contributed by atoms with Gasteiger partial charge >= 0.3 is 6.03 Å². The van der Waals surface area contributed by atoms with Crippen molar-refractivity contribution in [1.82, 2.24) is 10.2 Å². The lowest BCUT2D eigenvalue weighted by Gasteiger charge is -2.39. The fourth-order valence-corrected chi connectivity index (χ4v) is 3.96. The van der Waals surface area contributed by atoms with Crippen molar-refractivity contribution in [3.63, 3.8) is 0 Å². The molecule has 2 unspecified atom stereocenters. The van der Waals surface area contributed by atoms with Gasteiger partial charge < -0.3 is 0 Å². The molecule has 0 aromatic rings. The summed E-state index contributed by atoms with van der Waals surface area (Å²) in [5.74, 6) is 0.0962. The number of barbiturate groups is 1. The van der Waals surface area contributed by atoms with Gasteiger partial charge in [-0.2, -0.15) is 11.8 Å². The maximum absolute atomic E-state index is 12.4. The van der Waals surface area contributed by atoms with E-state index in [0.29, 0.717) is 5.25 Å². The number of amides is 4.